The quantitative estimate of drug-likeness (QED) is 0.726. The number of nitrogens with one attached hydrogen (secondary N) is 1. The van der Waals surface area contributed by atoms with E-state index in [9.17, 15) is 10.1 Å². The molecule has 134 valence electrons. The van der Waals surface area contributed by atoms with Gasteiger partial charge in [-0.15, -0.1) is 11.3 Å². The largest absolute Gasteiger partial charge is 0.313 e. The van der Waals surface area contributed by atoms with Crippen LogP contribution in [0.2, 0.25) is 0 Å². The van der Waals surface area contributed by atoms with Gasteiger partial charge in [0.2, 0.25) is 5.91 Å². The first-order valence-electron chi connectivity index (χ1n) is 9.11. The molecule has 4 heteroatoms. The van der Waals surface area contributed by atoms with Gasteiger partial charge < -0.3 is 5.32 Å². The van der Waals surface area contributed by atoms with E-state index in [0.717, 1.165) is 30.4 Å². The van der Waals surface area contributed by atoms with Crippen molar-refractivity contribution in [1.29, 1.82) is 5.26 Å². The number of anilines is 1. The molecule has 1 atom stereocenters. The van der Waals surface area contributed by atoms with E-state index in [1.807, 2.05) is 12.1 Å². The minimum absolute atomic E-state index is 0.193. The van der Waals surface area contributed by atoms with Crippen LogP contribution >= 0.6 is 11.3 Å². The minimum Gasteiger partial charge on any atom is -0.313 e. The zero-order valence-corrected chi connectivity index (χ0v) is 16.3. The molecule has 1 heterocycles. The fraction of sp³-hybridized carbons (Fsp3) is 0.364. The summed E-state index contributed by atoms with van der Waals surface area (Å²) >= 11 is 1.56. The van der Waals surface area contributed by atoms with E-state index in [0.29, 0.717) is 22.4 Å². The number of hydrogen-bond acceptors (Lipinski definition) is 3. The summed E-state index contributed by atoms with van der Waals surface area (Å²) in [5.74, 6) is 0.944. The Kier molecular flexibility index (Phi) is 5.58. The van der Waals surface area contributed by atoms with Crippen LogP contribution in [0.15, 0.2) is 30.3 Å². The molecule has 1 amide bonds. The van der Waals surface area contributed by atoms with E-state index < -0.39 is 0 Å². The van der Waals surface area contributed by atoms with Crippen LogP contribution in [0.3, 0.4) is 0 Å². The zero-order chi connectivity index (χ0) is 18.7. The molecule has 1 aromatic heterocycles. The van der Waals surface area contributed by atoms with Gasteiger partial charge >= 0.3 is 0 Å². The molecule has 0 spiro atoms. The molecule has 0 saturated heterocycles. The predicted octanol–water partition coefficient (Wildman–Crippen LogP) is 5.52. The minimum atomic E-state index is -0.193. The fourth-order valence-corrected chi connectivity index (χ4v) is 4.64. The Balaban J connectivity index is 1.71. The summed E-state index contributed by atoms with van der Waals surface area (Å²) in [6.45, 7) is 6.55. The van der Waals surface area contributed by atoms with Gasteiger partial charge in [-0.3, -0.25) is 4.79 Å². The fourth-order valence-electron chi connectivity index (χ4n) is 3.27. The molecule has 0 bridgehead atoms. The SMILES string of the molecule is CC1CCc2c(sc(NC(=O)/C=C/c3ccc(C(C)C)cc3)c2C#N)C1. The lowest BCUT2D eigenvalue weighted by Crippen LogP contribution is -2.10. The first-order chi connectivity index (χ1) is 12.5. The number of nitriles is 1. The number of rotatable bonds is 4. The molecule has 1 aliphatic rings. The van der Waals surface area contributed by atoms with Crippen LogP contribution in [0.1, 0.15) is 60.2 Å². The molecule has 1 aliphatic carbocycles. The molecule has 1 aromatic carbocycles. The Hall–Kier alpha value is -2.38. The second-order valence-electron chi connectivity index (χ2n) is 7.31. The summed E-state index contributed by atoms with van der Waals surface area (Å²) < 4.78 is 0. The third-order valence-electron chi connectivity index (χ3n) is 4.89. The van der Waals surface area contributed by atoms with Crippen molar-refractivity contribution >= 4 is 28.3 Å². The van der Waals surface area contributed by atoms with Crippen LogP contribution in [0.4, 0.5) is 5.00 Å². The van der Waals surface area contributed by atoms with E-state index in [1.165, 1.54) is 16.5 Å². The first-order valence-corrected chi connectivity index (χ1v) is 9.93. The lowest BCUT2D eigenvalue weighted by atomic mass is 9.89. The van der Waals surface area contributed by atoms with E-state index in [-0.39, 0.29) is 5.91 Å². The molecular weight excluding hydrogens is 340 g/mol. The van der Waals surface area contributed by atoms with Gasteiger partial charge in [-0.2, -0.15) is 5.26 Å². The lowest BCUT2D eigenvalue weighted by Gasteiger charge is -2.17. The predicted molar refractivity (Wildman–Crippen MR) is 108 cm³/mol. The maximum Gasteiger partial charge on any atom is 0.249 e. The Labute approximate surface area is 159 Å². The van der Waals surface area contributed by atoms with E-state index in [1.54, 1.807) is 17.4 Å². The van der Waals surface area contributed by atoms with Crippen molar-refractivity contribution in [3.63, 3.8) is 0 Å². The highest BCUT2D eigenvalue weighted by molar-refractivity contribution is 7.16. The number of benzene rings is 1. The number of carbonyl (C=O) groups excluding carboxylic acids is 1. The van der Waals surface area contributed by atoms with Gasteiger partial charge in [-0.1, -0.05) is 45.0 Å². The smallest absolute Gasteiger partial charge is 0.249 e. The van der Waals surface area contributed by atoms with Crippen LogP contribution in [0.25, 0.3) is 6.08 Å². The molecule has 1 N–H and O–H groups in total. The number of hydrogen-bond donors (Lipinski definition) is 1. The first kappa shape index (κ1) is 18.4. The number of amides is 1. The zero-order valence-electron chi connectivity index (χ0n) is 15.5. The molecule has 0 saturated carbocycles. The van der Waals surface area contributed by atoms with Gasteiger partial charge in [-0.25, -0.2) is 0 Å². The highest BCUT2D eigenvalue weighted by Gasteiger charge is 2.24. The van der Waals surface area contributed by atoms with Crippen molar-refractivity contribution in [2.24, 2.45) is 5.92 Å². The van der Waals surface area contributed by atoms with Crippen molar-refractivity contribution in [2.45, 2.75) is 46.0 Å². The van der Waals surface area contributed by atoms with Gasteiger partial charge in [0, 0.05) is 11.0 Å². The normalized spacial score (nSPS) is 16.5. The third kappa shape index (κ3) is 4.05. The van der Waals surface area contributed by atoms with Gasteiger partial charge in [0.25, 0.3) is 0 Å². The summed E-state index contributed by atoms with van der Waals surface area (Å²) in [6.07, 6.45) is 6.39. The highest BCUT2D eigenvalue weighted by Crippen LogP contribution is 2.39. The van der Waals surface area contributed by atoms with E-state index in [4.69, 9.17) is 0 Å². The lowest BCUT2D eigenvalue weighted by molar-refractivity contribution is -0.111. The molecular formula is C22H24N2OS. The maximum atomic E-state index is 12.3. The molecule has 2 aromatic rings. The van der Waals surface area contributed by atoms with Crippen LogP contribution in [-0.2, 0) is 17.6 Å². The van der Waals surface area contributed by atoms with Crippen molar-refractivity contribution < 1.29 is 4.79 Å². The number of nitrogens with zero attached hydrogens (tertiary/aromatic N) is 1. The summed E-state index contributed by atoms with van der Waals surface area (Å²) in [5, 5.41) is 13.1. The van der Waals surface area contributed by atoms with Crippen molar-refractivity contribution in [1.82, 2.24) is 0 Å². The summed E-state index contributed by atoms with van der Waals surface area (Å²) in [4.78, 5) is 13.6. The van der Waals surface area contributed by atoms with Crippen molar-refractivity contribution in [3.8, 4) is 6.07 Å². The maximum absolute atomic E-state index is 12.3. The summed E-state index contributed by atoms with van der Waals surface area (Å²) in [6, 6.07) is 10.5. The Bertz CT molecular complexity index is 869. The summed E-state index contributed by atoms with van der Waals surface area (Å²) in [5.41, 5.74) is 4.06. The van der Waals surface area contributed by atoms with Crippen LogP contribution in [-0.4, -0.2) is 5.91 Å². The molecule has 0 radical (unpaired) electrons. The third-order valence-corrected chi connectivity index (χ3v) is 6.06. The number of fused-ring (bicyclic) bond motifs is 1. The van der Waals surface area contributed by atoms with E-state index in [2.05, 4.69) is 44.3 Å². The number of carbonyl (C=O) groups is 1. The topological polar surface area (TPSA) is 52.9 Å². The van der Waals surface area contributed by atoms with Gasteiger partial charge in [0.1, 0.15) is 11.1 Å². The van der Waals surface area contributed by atoms with Crippen LogP contribution < -0.4 is 5.32 Å². The molecule has 0 fully saturated rings. The monoisotopic (exact) mass is 364 g/mol. The van der Waals surface area contributed by atoms with Gasteiger partial charge in [0.05, 0.1) is 5.56 Å². The Morgan fingerprint density at radius 2 is 2.08 bits per heavy atom. The van der Waals surface area contributed by atoms with Gasteiger partial charge in [0.15, 0.2) is 0 Å². The molecule has 1 unspecified atom stereocenters. The second kappa shape index (κ2) is 7.88. The summed E-state index contributed by atoms with van der Waals surface area (Å²) in [7, 11) is 0. The Morgan fingerprint density at radius 3 is 2.73 bits per heavy atom. The van der Waals surface area contributed by atoms with Crippen molar-refractivity contribution in [3.05, 3.63) is 57.5 Å². The van der Waals surface area contributed by atoms with Crippen LogP contribution in [0, 0.1) is 17.2 Å². The van der Waals surface area contributed by atoms with Crippen molar-refractivity contribution in [2.75, 3.05) is 5.32 Å². The standard InChI is InChI=1S/C22H24N2OS/c1-14(2)17-8-5-16(6-9-17)7-11-21(25)24-22-19(13-23)18-10-4-15(3)12-20(18)26-22/h5-9,11,14-15H,4,10,12H2,1-3H3,(H,24,25)/b11-7+. The molecule has 26 heavy (non-hydrogen) atoms. The van der Waals surface area contributed by atoms with Crippen LogP contribution in [0.5, 0.6) is 0 Å². The number of thiophene rings is 1. The molecule has 3 rings (SSSR count). The molecule has 0 aliphatic heterocycles. The highest BCUT2D eigenvalue weighted by atomic mass is 32.1. The Morgan fingerprint density at radius 1 is 1.35 bits per heavy atom. The van der Waals surface area contributed by atoms with Gasteiger partial charge in [-0.05, 0) is 53.9 Å². The second-order valence-corrected chi connectivity index (χ2v) is 8.42. The van der Waals surface area contributed by atoms with E-state index >= 15 is 0 Å². The average Bonchev–Trinajstić information content (AvgIpc) is 2.96. The average molecular weight is 365 g/mol. The molecule has 3 nitrogen and oxygen atoms in total.